The summed E-state index contributed by atoms with van der Waals surface area (Å²) in [6.07, 6.45) is 1.82. The van der Waals surface area contributed by atoms with Crippen molar-refractivity contribution in [3.05, 3.63) is 87.6 Å². The SMILES string of the molecule is Cc1cccc(C(=O)N2CCCC(c3nn(C)c(=O)n3Cc3ccccc3)C2)c1. The number of hydrogen-bond acceptors (Lipinski definition) is 3. The first-order valence-electron chi connectivity index (χ1n) is 10.1. The molecule has 2 heterocycles. The quantitative estimate of drug-likeness (QED) is 0.688. The Morgan fingerprint density at radius 1 is 1.14 bits per heavy atom. The van der Waals surface area contributed by atoms with E-state index in [2.05, 4.69) is 5.10 Å². The lowest BCUT2D eigenvalue weighted by Crippen LogP contribution is -2.40. The van der Waals surface area contributed by atoms with Crippen LogP contribution in [-0.2, 0) is 13.6 Å². The summed E-state index contributed by atoms with van der Waals surface area (Å²) in [7, 11) is 1.69. The Labute approximate surface area is 170 Å². The van der Waals surface area contributed by atoms with Crippen LogP contribution in [0.5, 0.6) is 0 Å². The van der Waals surface area contributed by atoms with Gasteiger partial charge in [-0.3, -0.25) is 9.36 Å². The number of likely N-dealkylation sites (tertiary alicyclic amines) is 1. The second-order valence-corrected chi connectivity index (χ2v) is 7.80. The molecule has 2 aromatic carbocycles. The Morgan fingerprint density at radius 3 is 2.69 bits per heavy atom. The van der Waals surface area contributed by atoms with E-state index >= 15 is 0 Å². The second kappa shape index (κ2) is 8.07. The van der Waals surface area contributed by atoms with Gasteiger partial charge in [0.05, 0.1) is 6.54 Å². The third-order valence-corrected chi connectivity index (χ3v) is 5.56. The van der Waals surface area contributed by atoms with Crippen molar-refractivity contribution in [3.63, 3.8) is 0 Å². The molecule has 0 spiro atoms. The third kappa shape index (κ3) is 4.01. The molecule has 1 aliphatic rings. The van der Waals surface area contributed by atoms with E-state index in [4.69, 9.17) is 0 Å². The van der Waals surface area contributed by atoms with E-state index in [1.165, 1.54) is 4.68 Å². The lowest BCUT2D eigenvalue weighted by atomic mass is 9.96. The average Bonchev–Trinajstić information content (AvgIpc) is 3.02. The highest BCUT2D eigenvalue weighted by Crippen LogP contribution is 2.26. The molecular formula is C23H26N4O2. The van der Waals surface area contributed by atoms with Gasteiger partial charge in [0.2, 0.25) is 0 Å². The fourth-order valence-electron chi connectivity index (χ4n) is 4.07. The predicted octanol–water partition coefficient (Wildman–Crippen LogP) is 2.96. The molecule has 6 nitrogen and oxygen atoms in total. The number of benzene rings is 2. The van der Waals surface area contributed by atoms with Crippen LogP contribution in [0.2, 0.25) is 0 Å². The molecule has 29 heavy (non-hydrogen) atoms. The summed E-state index contributed by atoms with van der Waals surface area (Å²) >= 11 is 0. The van der Waals surface area contributed by atoms with Gasteiger partial charge in [-0.1, -0.05) is 48.0 Å². The summed E-state index contributed by atoms with van der Waals surface area (Å²) in [4.78, 5) is 27.6. The lowest BCUT2D eigenvalue weighted by molar-refractivity contribution is 0.0703. The van der Waals surface area contributed by atoms with Crippen molar-refractivity contribution in [2.24, 2.45) is 7.05 Å². The Bertz CT molecular complexity index is 1070. The number of carbonyl (C=O) groups excluding carboxylic acids is 1. The zero-order valence-corrected chi connectivity index (χ0v) is 16.9. The molecule has 1 unspecified atom stereocenters. The minimum absolute atomic E-state index is 0.0475. The molecule has 1 atom stereocenters. The number of amides is 1. The Kier molecular flexibility index (Phi) is 5.34. The zero-order chi connectivity index (χ0) is 20.4. The Balaban J connectivity index is 1.59. The van der Waals surface area contributed by atoms with E-state index in [1.54, 1.807) is 11.6 Å². The molecule has 0 bridgehead atoms. The van der Waals surface area contributed by atoms with Crippen LogP contribution in [0.25, 0.3) is 0 Å². The maximum Gasteiger partial charge on any atom is 0.345 e. The van der Waals surface area contributed by atoms with Crippen LogP contribution in [0.4, 0.5) is 0 Å². The van der Waals surface area contributed by atoms with E-state index in [0.717, 1.165) is 36.3 Å². The highest BCUT2D eigenvalue weighted by atomic mass is 16.2. The standard InChI is InChI=1S/C23H26N4O2/c1-17-8-6-11-19(14-17)22(28)26-13-7-12-20(16-26)21-24-25(2)23(29)27(21)15-18-9-4-3-5-10-18/h3-6,8-11,14,20H,7,12-13,15-16H2,1-2H3. The van der Waals surface area contributed by atoms with Crippen molar-refractivity contribution in [3.8, 4) is 0 Å². The van der Waals surface area contributed by atoms with Gasteiger partial charge in [-0.25, -0.2) is 9.48 Å². The van der Waals surface area contributed by atoms with Crippen molar-refractivity contribution >= 4 is 5.91 Å². The van der Waals surface area contributed by atoms with Gasteiger partial charge < -0.3 is 4.90 Å². The Morgan fingerprint density at radius 2 is 1.93 bits per heavy atom. The molecule has 3 aromatic rings. The maximum atomic E-state index is 13.0. The first-order valence-corrected chi connectivity index (χ1v) is 10.1. The normalized spacial score (nSPS) is 16.8. The van der Waals surface area contributed by atoms with Crippen molar-refractivity contribution in [2.45, 2.75) is 32.2 Å². The number of piperidine rings is 1. The van der Waals surface area contributed by atoms with Crippen molar-refractivity contribution in [2.75, 3.05) is 13.1 Å². The Hall–Kier alpha value is -3.15. The van der Waals surface area contributed by atoms with Gasteiger partial charge in [0.15, 0.2) is 0 Å². The number of nitrogens with zero attached hydrogens (tertiary/aromatic N) is 4. The number of carbonyl (C=O) groups is 1. The van der Waals surface area contributed by atoms with Crippen LogP contribution in [0, 0.1) is 6.92 Å². The lowest BCUT2D eigenvalue weighted by Gasteiger charge is -2.32. The molecule has 0 N–H and O–H groups in total. The topological polar surface area (TPSA) is 60.1 Å². The number of hydrogen-bond donors (Lipinski definition) is 0. The molecule has 150 valence electrons. The molecule has 1 amide bonds. The van der Waals surface area contributed by atoms with Crippen LogP contribution in [0.1, 0.15) is 46.1 Å². The second-order valence-electron chi connectivity index (χ2n) is 7.80. The number of aryl methyl sites for hydroxylation is 2. The van der Waals surface area contributed by atoms with E-state index in [-0.39, 0.29) is 17.5 Å². The van der Waals surface area contributed by atoms with Crippen LogP contribution in [0.15, 0.2) is 59.4 Å². The van der Waals surface area contributed by atoms with Crippen LogP contribution in [-0.4, -0.2) is 38.2 Å². The average molecular weight is 390 g/mol. The third-order valence-electron chi connectivity index (χ3n) is 5.56. The summed E-state index contributed by atoms with van der Waals surface area (Å²) < 4.78 is 3.15. The molecule has 1 saturated heterocycles. The number of aromatic nitrogens is 3. The van der Waals surface area contributed by atoms with E-state index in [1.807, 2.05) is 66.4 Å². The fourth-order valence-corrected chi connectivity index (χ4v) is 4.07. The van der Waals surface area contributed by atoms with Crippen molar-refractivity contribution in [1.82, 2.24) is 19.2 Å². The largest absolute Gasteiger partial charge is 0.345 e. The highest BCUT2D eigenvalue weighted by molar-refractivity contribution is 5.94. The molecule has 4 rings (SSSR count). The van der Waals surface area contributed by atoms with Gasteiger partial charge in [-0.2, -0.15) is 5.10 Å². The molecule has 0 aliphatic carbocycles. The van der Waals surface area contributed by atoms with E-state index in [9.17, 15) is 9.59 Å². The highest BCUT2D eigenvalue weighted by Gasteiger charge is 2.29. The molecule has 1 fully saturated rings. The van der Waals surface area contributed by atoms with Crippen molar-refractivity contribution < 1.29 is 4.79 Å². The van der Waals surface area contributed by atoms with E-state index in [0.29, 0.717) is 18.7 Å². The molecule has 0 radical (unpaired) electrons. The molecular weight excluding hydrogens is 364 g/mol. The summed E-state index contributed by atoms with van der Waals surface area (Å²) in [5.41, 5.74) is 2.73. The maximum absolute atomic E-state index is 13.0. The smallest absolute Gasteiger partial charge is 0.338 e. The van der Waals surface area contributed by atoms with Crippen LogP contribution < -0.4 is 5.69 Å². The summed E-state index contributed by atoms with van der Waals surface area (Å²) in [6, 6.07) is 17.6. The molecule has 0 saturated carbocycles. The van der Waals surface area contributed by atoms with Gasteiger partial charge >= 0.3 is 5.69 Å². The minimum atomic E-state index is -0.119. The first-order chi connectivity index (χ1) is 14.0. The zero-order valence-electron chi connectivity index (χ0n) is 16.9. The van der Waals surface area contributed by atoms with Crippen molar-refractivity contribution in [1.29, 1.82) is 0 Å². The summed E-state index contributed by atoms with van der Waals surface area (Å²) in [5.74, 6) is 0.865. The monoisotopic (exact) mass is 390 g/mol. The van der Waals surface area contributed by atoms with Gasteiger partial charge in [0.25, 0.3) is 5.91 Å². The minimum Gasteiger partial charge on any atom is -0.338 e. The molecule has 6 heteroatoms. The summed E-state index contributed by atoms with van der Waals surface area (Å²) in [6.45, 7) is 3.80. The van der Waals surface area contributed by atoms with Gasteiger partial charge in [-0.15, -0.1) is 0 Å². The van der Waals surface area contributed by atoms with Gasteiger partial charge in [0, 0.05) is 31.6 Å². The number of rotatable bonds is 4. The molecule has 1 aliphatic heterocycles. The summed E-state index contributed by atoms with van der Waals surface area (Å²) in [5, 5.41) is 4.54. The van der Waals surface area contributed by atoms with Crippen LogP contribution >= 0.6 is 0 Å². The first kappa shape index (κ1) is 19.2. The van der Waals surface area contributed by atoms with Gasteiger partial charge in [0.1, 0.15) is 5.82 Å². The molecule has 1 aromatic heterocycles. The fraction of sp³-hybridized carbons (Fsp3) is 0.348. The van der Waals surface area contributed by atoms with Crippen LogP contribution in [0.3, 0.4) is 0 Å². The predicted molar refractivity (Wildman–Crippen MR) is 112 cm³/mol. The van der Waals surface area contributed by atoms with E-state index < -0.39 is 0 Å². The van der Waals surface area contributed by atoms with Gasteiger partial charge in [-0.05, 0) is 37.5 Å².